The van der Waals surface area contributed by atoms with Gasteiger partial charge in [0.25, 0.3) is 5.91 Å². The van der Waals surface area contributed by atoms with Gasteiger partial charge in [-0.3, -0.25) is 9.52 Å². The van der Waals surface area contributed by atoms with Crippen LogP contribution in [0.2, 0.25) is 0 Å². The topological polar surface area (TPSA) is 72.2 Å². The molecule has 1 aromatic carbocycles. The highest BCUT2D eigenvalue weighted by Crippen LogP contribution is 2.21. The van der Waals surface area contributed by atoms with Crippen LogP contribution in [0.15, 0.2) is 23.1 Å². The molecule has 0 aromatic heterocycles. The van der Waals surface area contributed by atoms with Gasteiger partial charge in [0.05, 0.1) is 10.5 Å². The number of hydrogen-bond donors (Lipinski definition) is 2. The Morgan fingerprint density at radius 2 is 2.17 bits per heavy atom. The molecule has 1 aliphatic heterocycles. The van der Waals surface area contributed by atoms with Crippen LogP contribution >= 0.6 is 0 Å². The van der Waals surface area contributed by atoms with Crippen LogP contribution in [0.5, 0.6) is 0 Å². The van der Waals surface area contributed by atoms with Gasteiger partial charge in [-0.25, -0.2) is 4.21 Å². The Hall–Kier alpha value is -1.36. The summed E-state index contributed by atoms with van der Waals surface area (Å²) in [5, 5.41) is 0. The average molecular weight is 182 g/mol. The van der Waals surface area contributed by atoms with Crippen molar-refractivity contribution in [2.75, 3.05) is 5.73 Å². The molecule has 0 radical (unpaired) electrons. The Kier molecular flexibility index (Phi) is 1.41. The number of benzene rings is 1. The van der Waals surface area contributed by atoms with Crippen molar-refractivity contribution >= 4 is 22.6 Å². The minimum atomic E-state index is -1.39. The van der Waals surface area contributed by atoms with E-state index in [1.807, 2.05) is 0 Å². The number of carbonyl (C=O) groups excluding carboxylic acids is 1. The molecule has 4 nitrogen and oxygen atoms in total. The number of carbonyl (C=O) groups is 1. The Morgan fingerprint density at radius 1 is 1.42 bits per heavy atom. The van der Waals surface area contributed by atoms with Crippen LogP contribution in [0.25, 0.3) is 0 Å². The van der Waals surface area contributed by atoms with E-state index in [9.17, 15) is 9.00 Å². The highest BCUT2D eigenvalue weighted by atomic mass is 32.2. The number of hydrogen-bond acceptors (Lipinski definition) is 3. The molecule has 0 aliphatic carbocycles. The molecule has 3 N–H and O–H groups in total. The standard InChI is InChI=1S/C7H6N2O2S/c8-4-1-2-6-5(3-4)7(10)9-12(6)11/h1-3H,8H2,(H,9,10). The summed E-state index contributed by atoms with van der Waals surface area (Å²) in [5.74, 6) is -0.323. The van der Waals surface area contributed by atoms with Crippen molar-refractivity contribution in [1.29, 1.82) is 0 Å². The zero-order valence-electron chi connectivity index (χ0n) is 6.03. The summed E-state index contributed by atoms with van der Waals surface area (Å²) < 4.78 is 13.4. The van der Waals surface area contributed by atoms with E-state index < -0.39 is 11.0 Å². The Labute approximate surface area is 71.4 Å². The fraction of sp³-hybridized carbons (Fsp3) is 0. The normalized spacial score (nSPS) is 20.3. The number of fused-ring (bicyclic) bond motifs is 1. The lowest BCUT2D eigenvalue weighted by molar-refractivity contribution is 0.0986. The van der Waals surface area contributed by atoms with Crippen LogP contribution in [0.3, 0.4) is 0 Å². The van der Waals surface area contributed by atoms with Crippen molar-refractivity contribution in [1.82, 2.24) is 4.72 Å². The first-order valence-corrected chi connectivity index (χ1v) is 4.46. The summed E-state index contributed by atoms with van der Waals surface area (Å²) in [6, 6.07) is 4.74. The molecule has 62 valence electrons. The van der Waals surface area contributed by atoms with Crippen molar-refractivity contribution in [3.05, 3.63) is 23.8 Å². The second-order valence-electron chi connectivity index (χ2n) is 2.46. The SMILES string of the molecule is Nc1ccc2c(c1)C(=O)NS2=O. The van der Waals surface area contributed by atoms with Gasteiger partial charge < -0.3 is 5.73 Å². The molecule has 12 heavy (non-hydrogen) atoms. The molecule has 0 saturated carbocycles. The molecule has 5 heteroatoms. The Balaban J connectivity index is 2.68. The van der Waals surface area contributed by atoms with Gasteiger partial charge in [-0.2, -0.15) is 0 Å². The molecule has 1 heterocycles. The predicted molar refractivity (Wildman–Crippen MR) is 44.7 cm³/mol. The largest absolute Gasteiger partial charge is 0.399 e. The molecule has 0 spiro atoms. The molecule has 1 aliphatic rings. The van der Waals surface area contributed by atoms with Crippen LogP contribution in [-0.4, -0.2) is 10.1 Å². The first-order valence-electron chi connectivity index (χ1n) is 3.31. The van der Waals surface area contributed by atoms with E-state index in [0.717, 1.165) is 0 Å². The van der Waals surface area contributed by atoms with Gasteiger partial charge in [-0.05, 0) is 18.2 Å². The molecular weight excluding hydrogens is 176 g/mol. The van der Waals surface area contributed by atoms with Crippen LogP contribution in [0.4, 0.5) is 5.69 Å². The lowest BCUT2D eigenvalue weighted by atomic mass is 10.2. The number of nitrogen functional groups attached to an aromatic ring is 1. The Bertz CT molecular complexity index is 389. The second kappa shape index (κ2) is 2.31. The third kappa shape index (κ3) is 0.902. The van der Waals surface area contributed by atoms with Gasteiger partial charge in [0, 0.05) is 5.69 Å². The fourth-order valence-electron chi connectivity index (χ4n) is 1.08. The smallest absolute Gasteiger partial charge is 0.264 e. The van der Waals surface area contributed by atoms with Gasteiger partial charge in [-0.15, -0.1) is 0 Å². The van der Waals surface area contributed by atoms with Crippen LogP contribution < -0.4 is 10.5 Å². The van der Waals surface area contributed by atoms with E-state index >= 15 is 0 Å². The molecule has 0 bridgehead atoms. The summed E-state index contributed by atoms with van der Waals surface area (Å²) in [4.78, 5) is 11.6. The third-order valence-electron chi connectivity index (χ3n) is 1.63. The fourth-order valence-corrected chi connectivity index (χ4v) is 2.01. The zero-order valence-corrected chi connectivity index (χ0v) is 6.85. The van der Waals surface area contributed by atoms with Gasteiger partial charge in [-0.1, -0.05) is 0 Å². The Morgan fingerprint density at radius 3 is 2.92 bits per heavy atom. The maximum absolute atomic E-state index is 11.1. The van der Waals surface area contributed by atoms with Crippen molar-refractivity contribution < 1.29 is 9.00 Å². The molecule has 0 fully saturated rings. The van der Waals surface area contributed by atoms with Crippen LogP contribution in [0.1, 0.15) is 10.4 Å². The van der Waals surface area contributed by atoms with Gasteiger partial charge in [0.1, 0.15) is 0 Å². The molecule has 1 amide bonds. The molecular formula is C7H6N2O2S. The maximum Gasteiger partial charge on any atom is 0.264 e. The third-order valence-corrected chi connectivity index (χ3v) is 2.76. The summed E-state index contributed by atoms with van der Waals surface area (Å²) >= 11 is 0. The van der Waals surface area contributed by atoms with Gasteiger partial charge in [0.2, 0.25) is 0 Å². The first kappa shape index (κ1) is 7.30. The molecule has 1 aromatic rings. The minimum absolute atomic E-state index is 0.323. The number of nitrogens with one attached hydrogen (secondary N) is 1. The maximum atomic E-state index is 11.1. The summed E-state index contributed by atoms with van der Waals surface area (Å²) in [6.07, 6.45) is 0. The van der Waals surface area contributed by atoms with E-state index in [1.54, 1.807) is 12.1 Å². The monoisotopic (exact) mass is 182 g/mol. The molecule has 1 atom stereocenters. The quantitative estimate of drug-likeness (QED) is 0.556. The summed E-state index contributed by atoms with van der Waals surface area (Å²) in [5.41, 5.74) is 6.37. The van der Waals surface area contributed by atoms with Gasteiger partial charge >= 0.3 is 0 Å². The van der Waals surface area contributed by atoms with E-state index in [1.165, 1.54) is 6.07 Å². The van der Waals surface area contributed by atoms with Crippen LogP contribution in [-0.2, 0) is 11.0 Å². The lowest BCUT2D eigenvalue weighted by Crippen LogP contribution is -2.15. The van der Waals surface area contributed by atoms with E-state index in [4.69, 9.17) is 5.73 Å². The number of nitrogens with two attached hydrogens (primary N) is 1. The highest BCUT2D eigenvalue weighted by Gasteiger charge is 2.25. The average Bonchev–Trinajstić information content (AvgIpc) is 2.28. The lowest BCUT2D eigenvalue weighted by Gasteiger charge is -1.94. The molecule has 0 saturated heterocycles. The number of rotatable bonds is 0. The van der Waals surface area contributed by atoms with Crippen molar-refractivity contribution in [3.63, 3.8) is 0 Å². The van der Waals surface area contributed by atoms with E-state index in [0.29, 0.717) is 16.1 Å². The molecule has 1 unspecified atom stereocenters. The van der Waals surface area contributed by atoms with E-state index in [2.05, 4.69) is 4.72 Å². The molecule has 2 rings (SSSR count). The predicted octanol–water partition coefficient (Wildman–Crippen LogP) is 0.0348. The van der Waals surface area contributed by atoms with Crippen molar-refractivity contribution in [2.24, 2.45) is 0 Å². The van der Waals surface area contributed by atoms with Crippen molar-refractivity contribution in [2.45, 2.75) is 4.90 Å². The minimum Gasteiger partial charge on any atom is -0.399 e. The van der Waals surface area contributed by atoms with E-state index in [-0.39, 0.29) is 5.91 Å². The van der Waals surface area contributed by atoms with Crippen molar-refractivity contribution in [3.8, 4) is 0 Å². The van der Waals surface area contributed by atoms with Crippen LogP contribution in [0, 0.1) is 0 Å². The number of amides is 1. The first-order chi connectivity index (χ1) is 5.68. The summed E-state index contributed by atoms with van der Waals surface area (Å²) in [7, 11) is -1.39. The zero-order chi connectivity index (χ0) is 8.72. The second-order valence-corrected chi connectivity index (χ2v) is 3.64. The van der Waals surface area contributed by atoms with Gasteiger partial charge in [0.15, 0.2) is 11.0 Å². The summed E-state index contributed by atoms with van der Waals surface area (Å²) in [6.45, 7) is 0. The number of anilines is 1. The highest BCUT2D eigenvalue weighted by molar-refractivity contribution is 7.84.